The van der Waals surface area contributed by atoms with Crippen molar-refractivity contribution in [1.29, 1.82) is 0 Å². The Morgan fingerprint density at radius 3 is 2.15 bits per heavy atom. The van der Waals surface area contributed by atoms with Gasteiger partial charge in [-0.05, 0) is 50.3 Å². The van der Waals surface area contributed by atoms with Gasteiger partial charge in [0.25, 0.3) is 0 Å². The number of carbonyl (C=O) groups is 3. The summed E-state index contributed by atoms with van der Waals surface area (Å²) in [4.78, 5) is 41.9. The van der Waals surface area contributed by atoms with Gasteiger partial charge in [-0.25, -0.2) is 10.0 Å². The number of amides is 3. The number of nitrogens with one attached hydrogen (secondary N) is 1. The molecule has 11 heteroatoms. The van der Waals surface area contributed by atoms with E-state index in [1.165, 1.54) is 0 Å². The minimum atomic E-state index is -1.11. The first-order valence-corrected chi connectivity index (χ1v) is 14.3. The van der Waals surface area contributed by atoms with Crippen molar-refractivity contribution < 1.29 is 19.5 Å². The molecule has 3 rings (SSSR count). The Balaban J connectivity index is 1.66. The van der Waals surface area contributed by atoms with Crippen molar-refractivity contribution in [3.63, 3.8) is 0 Å². The Morgan fingerprint density at radius 1 is 1.05 bits per heavy atom. The number of hydrazine groups is 1. The molecule has 0 aromatic heterocycles. The van der Waals surface area contributed by atoms with Gasteiger partial charge in [0.05, 0.1) is 5.54 Å². The molecule has 2 aliphatic rings. The van der Waals surface area contributed by atoms with Gasteiger partial charge in [0.1, 0.15) is 12.6 Å². The lowest BCUT2D eigenvalue weighted by Crippen LogP contribution is -2.62. The molecule has 0 radical (unpaired) electrons. The molecule has 0 bridgehead atoms. The van der Waals surface area contributed by atoms with Crippen LogP contribution in [0.3, 0.4) is 0 Å². The largest absolute Gasteiger partial charge is 0.387 e. The summed E-state index contributed by atoms with van der Waals surface area (Å²) >= 11 is 6.03. The van der Waals surface area contributed by atoms with Crippen LogP contribution in [-0.2, 0) is 20.8 Å². The number of carbonyl (C=O) groups excluding carboxylic acids is 3. The summed E-state index contributed by atoms with van der Waals surface area (Å²) in [6, 6.07) is 6.86. The Labute approximate surface area is 237 Å². The number of nitrogens with zero attached hydrogens (tertiary/aromatic N) is 4. The van der Waals surface area contributed by atoms with Gasteiger partial charge in [-0.1, -0.05) is 37.6 Å². The topological polar surface area (TPSA) is 122 Å². The van der Waals surface area contributed by atoms with Crippen molar-refractivity contribution in [3.8, 4) is 0 Å². The van der Waals surface area contributed by atoms with Crippen LogP contribution in [0.1, 0.15) is 46.1 Å². The third kappa shape index (κ3) is 8.88. The van der Waals surface area contributed by atoms with Crippen molar-refractivity contribution >= 4 is 29.3 Å². The monoisotopic (exact) mass is 564 g/mol. The Morgan fingerprint density at radius 2 is 1.64 bits per heavy atom. The van der Waals surface area contributed by atoms with Crippen LogP contribution in [0.5, 0.6) is 0 Å². The Bertz CT molecular complexity index is 967. The fourth-order valence-corrected chi connectivity index (χ4v) is 5.30. The number of likely N-dealkylation sites (tertiary alicyclic amines) is 1. The van der Waals surface area contributed by atoms with Crippen LogP contribution in [0.2, 0.25) is 5.02 Å². The highest BCUT2D eigenvalue weighted by atomic mass is 35.5. The maximum absolute atomic E-state index is 13.7. The van der Waals surface area contributed by atoms with Crippen LogP contribution in [0, 0.1) is 5.92 Å². The standard InChI is InChI=1S/C28H45ClN6O4/c1-20(2)18-35(23-9-11-32(12-10-23)25(37)19-36)34-15-13-33(14-16-34)26(38)24(31-27(39)28(3,4)30)17-21-5-7-22(29)8-6-21/h5-8,20,23-24,36H,9-19,30H2,1-4H3,(H,31,39). The first kappa shape index (κ1) is 31.3. The number of hydrogen-bond acceptors (Lipinski definition) is 7. The predicted molar refractivity (Wildman–Crippen MR) is 152 cm³/mol. The minimum Gasteiger partial charge on any atom is -0.387 e. The first-order valence-electron chi connectivity index (χ1n) is 13.9. The highest BCUT2D eigenvalue weighted by Gasteiger charge is 2.35. The molecule has 3 amide bonds. The molecular weight excluding hydrogens is 520 g/mol. The molecule has 1 aromatic carbocycles. The lowest BCUT2D eigenvalue weighted by atomic mass is 10.0. The quantitative estimate of drug-likeness (QED) is 0.389. The summed E-state index contributed by atoms with van der Waals surface area (Å²) in [7, 11) is 0. The number of benzene rings is 1. The molecule has 2 heterocycles. The third-order valence-corrected chi connectivity index (χ3v) is 7.65. The van der Waals surface area contributed by atoms with E-state index in [-0.39, 0.29) is 17.7 Å². The lowest BCUT2D eigenvalue weighted by Gasteiger charge is -2.47. The number of aliphatic hydroxyl groups excluding tert-OH is 1. The van der Waals surface area contributed by atoms with E-state index >= 15 is 0 Å². The summed E-state index contributed by atoms with van der Waals surface area (Å²) in [5.41, 5.74) is 5.81. The van der Waals surface area contributed by atoms with Crippen molar-refractivity contribution in [2.75, 3.05) is 52.4 Å². The Hall–Kier alpha value is -2.24. The number of aliphatic hydroxyl groups is 1. The molecule has 2 fully saturated rings. The average molecular weight is 565 g/mol. The number of piperazine rings is 1. The van der Waals surface area contributed by atoms with Gasteiger partial charge in [-0.15, -0.1) is 0 Å². The molecule has 0 saturated carbocycles. The van der Waals surface area contributed by atoms with E-state index < -0.39 is 18.2 Å². The average Bonchev–Trinajstić information content (AvgIpc) is 2.91. The van der Waals surface area contributed by atoms with Crippen molar-refractivity contribution in [1.82, 2.24) is 25.1 Å². The number of halogens is 1. The number of piperidine rings is 1. The van der Waals surface area contributed by atoms with Gasteiger partial charge in [-0.3, -0.25) is 14.4 Å². The second-order valence-corrected chi connectivity index (χ2v) is 12.1. The smallest absolute Gasteiger partial charge is 0.248 e. The predicted octanol–water partition coefficient (Wildman–Crippen LogP) is 1.11. The molecule has 1 aromatic rings. The molecule has 2 saturated heterocycles. The highest BCUT2D eigenvalue weighted by molar-refractivity contribution is 6.30. The minimum absolute atomic E-state index is 0.117. The van der Waals surface area contributed by atoms with Crippen LogP contribution in [0.25, 0.3) is 0 Å². The van der Waals surface area contributed by atoms with E-state index in [0.29, 0.717) is 62.7 Å². The van der Waals surface area contributed by atoms with Crippen LogP contribution in [0.15, 0.2) is 24.3 Å². The maximum atomic E-state index is 13.7. The fraction of sp³-hybridized carbons (Fsp3) is 0.679. The zero-order chi connectivity index (χ0) is 28.7. The summed E-state index contributed by atoms with van der Waals surface area (Å²) < 4.78 is 0. The van der Waals surface area contributed by atoms with Crippen LogP contribution in [0.4, 0.5) is 0 Å². The van der Waals surface area contributed by atoms with Gasteiger partial charge in [-0.2, -0.15) is 0 Å². The number of hydrogen-bond donors (Lipinski definition) is 3. The van der Waals surface area contributed by atoms with Crippen molar-refractivity contribution in [2.24, 2.45) is 11.7 Å². The van der Waals surface area contributed by atoms with Crippen molar-refractivity contribution in [2.45, 2.75) is 64.6 Å². The van der Waals surface area contributed by atoms with Gasteiger partial charge >= 0.3 is 0 Å². The molecule has 0 spiro atoms. The van der Waals surface area contributed by atoms with Crippen molar-refractivity contribution in [3.05, 3.63) is 34.9 Å². The molecule has 2 aliphatic heterocycles. The summed E-state index contributed by atoms with van der Waals surface area (Å²) in [5, 5.41) is 17.5. The second-order valence-electron chi connectivity index (χ2n) is 11.6. The second kappa shape index (κ2) is 13.9. The molecule has 4 N–H and O–H groups in total. The molecule has 1 atom stereocenters. The van der Waals surface area contributed by atoms with E-state index in [4.69, 9.17) is 17.3 Å². The lowest BCUT2D eigenvalue weighted by molar-refractivity contribution is -0.147. The molecule has 10 nitrogen and oxygen atoms in total. The first-order chi connectivity index (χ1) is 18.4. The zero-order valence-corrected chi connectivity index (χ0v) is 24.5. The number of nitrogens with two attached hydrogens (primary N) is 1. The van der Waals surface area contributed by atoms with E-state index in [9.17, 15) is 19.5 Å². The Kier molecular flexibility index (Phi) is 11.1. The summed E-state index contributed by atoms with van der Waals surface area (Å²) in [6.45, 7) is 11.9. The van der Waals surface area contributed by atoms with E-state index in [0.717, 1.165) is 24.9 Å². The normalized spacial score (nSPS) is 18.5. The molecule has 0 aliphatic carbocycles. The van der Waals surface area contributed by atoms with Gasteiger partial charge < -0.3 is 26.0 Å². The van der Waals surface area contributed by atoms with Gasteiger partial charge in [0.15, 0.2) is 0 Å². The number of rotatable bonds is 10. The van der Waals surface area contributed by atoms with Gasteiger partial charge in [0.2, 0.25) is 17.7 Å². The summed E-state index contributed by atoms with van der Waals surface area (Å²) in [5.74, 6) is -0.245. The maximum Gasteiger partial charge on any atom is 0.248 e. The van der Waals surface area contributed by atoms with E-state index in [1.807, 2.05) is 17.0 Å². The third-order valence-electron chi connectivity index (χ3n) is 7.40. The molecule has 1 unspecified atom stereocenters. The zero-order valence-electron chi connectivity index (χ0n) is 23.7. The summed E-state index contributed by atoms with van der Waals surface area (Å²) in [6.07, 6.45) is 2.05. The molecule has 218 valence electrons. The highest BCUT2D eigenvalue weighted by Crippen LogP contribution is 2.22. The van der Waals surface area contributed by atoms with E-state index in [1.54, 1.807) is 30.9 Å². The molecule has 39 heavy (non-hydrogen) atoms. The van der Waals surface area contributed by atoms with E-state index in [2.05, 4.69) is 29.2 Å². The van der Waals surface area contributed by atoms with Crippen LogP contribution in [-0.4, -0.2) is 113 Å². The van der Waals surface area contributed by atoms with Crippen LogP contribution >= 0.6 is 11.6 Å². The SMILES string of the molecule is CC(C)CN(C1CCN(C(=O)CO)CC1)N1CCN(C(=O)C(Cc2ccc(Cl)cc2)NC(=O)C(C)(C)N)CC1. The molecular formula is C28H45ClN6O4. The fourth-order valence-electron chi connectivity index (χ4n) is 5.18. The van der Waals surface area contributed by atoms with Gasteiger partial charge in [0, 0.05) is 63.3 Å². The van der Waals surface area contributed by atoms with Crippen LogP contribution < -0.4 is 11.1 Å².